The lowest BCUT2D eigenvalue weighted by Crippen LogP contribution is -2.16. The van der Waals surface area contributed by atoms with Crippen molar-refractivity contribution in [1.29, 1.82) is 5.26 Å². The Bertz CT molecular complexity index is 1430. The summed E-state index contributed by atoms with van der Waals surface area (Å²) in [6.45, 7) is 0. The third-order valence-electron chi connectivity index (χ3n) is 4.80. The number of rotatable bonds is 4. The largest absolute Gasteiger partial charge is 0.493 e. The van der Waals surface area contributed by atoms with Crippen LogP contribution in [0.25, 0.3) is 27.8 Å². The third kappa shape index (κ3) is 3.33. The number of hydrogen-bond acceptors (Lipinski definition) is 6. The Hall–Kier alpha value is -4.26. The van der Waals surface area contributed by atoms with Gasteiger partial charge < -0.3 is 13.9 Å². The van der Waals surface area contributed by atoms with Crippen LogP contribution < -0.4 is 14.9 Å². The average Bonchev–Trinajstić information content (AvgIpc) is 3.26. The second-order valence-corrected chi connectivity index (χ2v) is 6.61. The van der Waals surface area contributed by atoms with Crippen LogP contribution in [-0.4, -0.2) is 24.0 Å². The van der Waals surface area contributed by atoms with Crippen LogP contribution in [0, 0.1) is 11.3 Å². The van der Waals surface area contributed by atoms with Gasteiger partial charge in [0.25, 0.3) is 0 Å². The summed E-state index contributed by atoms with van der Waals surface area (Å²) in [5.41, 5.74) is -1.48. The second-order valence-electron chi connectivity index (χ2n) is 6.61. The molecule has 0 saturated carbocycles. The van der Waals surface area contributed by atoms with E-state index in [-0.39, 0.29) is 33.6 Å². The average molecular weight is 441 g/mol. The number of nitrogens with zero attached hydrogens (tertiary/aromatic N) is 3. The van der Waals surface area contributed by atoms with Crippen molar-refractivity contribution in [1.82, 2.24) is 9.78 Å². The van der Waals surface area contributed by atoms with E-state index in [0.717, 1.165) is 6.20 Å². The summed E-state index contributed by atoms with van der Waals surface area (Å²) in [6, 6.07) is 11.1. The van der Waals surface area contributed by atoms with E-state index in [9.17, 15) is 23.2 Å². The highest BCUT2D eigenvalue weighted by Crippen LogP contribution is 2.41. The van der Waals surface area contributed by atoms with Gasteiger partial charge in [0.2, 0.25) is 16.9 Å². The van der Waals surface area contributed by atoms with E-state index in [0.29, 0.717) is 5.69 Å². The van der Waals surface area contributed by atoms with Crippen LogP contribution in [0.4, 0.5) is 13.2 Å². The van der Waals surface area contributed by atoms with Gasteiger partial charge in [-0.3, -0.25) is 4.79 Å². The van der Waals surface area contributed by atoms with Crippen molar-refractivity contribution in [2.45, 2.75) is 6.18 Å². The monoisotopic (exact) mass is 441 g/mol. The van der Waals surface area contributed by atoms with Gasteiger partial charge in [0.1, 0.15) is 6.07 Å². The van der Waals surface area contributed by atoms with Gasteiger partial charge in [0, 0.05) is 11.8 Å². The van der Waals surface area contributed by atoms with Crippen molar-refractivity contribution in [3.63, 3.8) is 0 Å². The van der Waals surface area contributed by atoms with Gasteiger partial charge in [-0.2, -0.15) is 23.5 Å². The highest BCUT2D eigenvalue weighted by Gasteiger charge is 2.40. The molecule has 0 bridgehead atoms. The minimum absolute atomic E-state index is 0.115. The van der Waals surface area contributed by atoms with Crippen LogP contribution in [0.2, 0.25) is 0 Å². The van der Waals surface area contributed by atoms with Gasteiger partial charge in [-0.1, -0.05) is 12.1 Å². The van der Waals surface area contributed by atoms with Crippen LogP contribution in [0.15, 0.2) is 58.0 Å². The molecular formula is C22H14F3N3O4. The van der Waals surface area contributed by atoms with Crippen molar-refractivity contribution in [2.75, 3.05) is 14.2 Å². The molecule has 0 atom stereocenters. The Kier molecular flexibility index (Phi) is 5.10. The van der Waals surface area contributed by atoms with E-state index in [4.69, 9.17) is 13.9 Å². The first kappa shape index (κ1) is 21.0. The maximum Gasteiger partial charge on any atom is 0.450 e. The summed E-state index contributed by atoms with van der Waals surface area (Å²) in [5, 5.41) is 13.2. The molecule has 4 aromatic rings. The molecule has 2 aromatic carbocycles. The number of halogens is 3. The van der Waals surface area contributed by atoms with Crippen LogP contribution in [0.5, 0.6) is 11.5 Å². The maximum absolute atomic E-state index is 13.9. The zero-order valence-electron chi connectivity index (χ0n) is 16.7. The molecule has 0 aliphatic rings. The summed E-state index contributed by atoms with van der Waals surface area (Å²) in [6.07, 6.45) is -2.63. The zero-order chi connectivity index (χ0) is 23.0. The number of methoxy groups -OCH3 is 2. The SMILES string of the molecule is COc1ccc2c(=O)c(-c3cnn(-c4ccccc4C#N)c3)c(C(F)(F)F)oc2c1OC. The summed E-state index contributed by atoms with van der Waals surface area (Å²) in [4.78, 5) is 13.2. The number of nitriles is 1. The van der Waals surface area contributed by atoms with Gasteiger partial charge in [0.15, 0.2) is 11.3 Å². The van der Waals surface area contributed by atoms with Crippen LogP contribution in [-0.2, 0) is 6.18 Å². The topological polar surface area (TPSA) is 90.3 Å². The van der Waals surface area contributed by atoms with E-state index in [1.54, 1.807) is 24.3 Å². The van der Waals surface area contributed by atoms with E-state index < -0.39 is 22.9 Å². The van der Waals surface area contributed by atoms with Crippen molar-refractivity contribution in [2.24, 2.45) is 0 Å². The zero-order valence-corrected chi connectivity index (χ0v) is 16.7. The lowest BCUT2D eigenvalue weighted by atomic mass is 10.0. The van der Waals surface area contributed by atoms with Gasteiger partial charge in [-0.15, -0.1) is 0 Å². The summed E-state index contributed by atoms with van der Waals surface area (Å²) < 4.78 is 58.5. The molecule has 7 nitrogen and oxygen atoms in total. The number of aromatic nitrogens is 2. The van der Waals surface area contributed by atoms with Gasteiger partial charge in [-0.25, -0.2) is 4.68 Å². The molecule has 0 radical (unpaired) electrons. The van der Waals surface area contributed by atoms with Crippen molar-refractivity contribution < 1.29 is 27.1 Å². The fourth-order valence-electron chi connectivity index (χ4n) is 3.38. The Morgan fingerprint density at radius 3 is 2.53 bits per heavy atom. The molecule has 2 aromatic heterocycles. The lowest BCUT2D eigenvalue weighted by Gasteiger charge is -2.14. The molecule has 162 valence electrons. The standard InChI is InChI=1S/C22H14F3N3O4/c1-30-16-8-7-14-18(29)17(21(22(23,24)25)32-19(14)20(16)31-2)13-10-27-28(11-13)15-6-4-3-5-12(15)9-26/h3-8,10-11H,1-2H3. The molecule has 10 heteroatoms. The molecule has 4 rings (SSSR count). The molecular weight excluding hydrogens is 427 g/mol. The van der Waals surface area contributed by atoms with E-state index in [1.165, 1.54) is 37.2 Å². The minimum atomic E-state index is -4.98. The van der Waals surface area contributed by atoms with E-state index in [2.05, 4.69) is 5.10 Å². The highest BCUT2D eigenvalue weighted by molar-refractivity contribution is 5.89. The first-order valence-electron chi connectivity index (χ1n) is 9.13. The molecule has 0 N–H and O–H groups in total. The smallest absolute Gasteiger partial charge is 0.450 e. The number of para-hydroxylation sites is 1. The summed E-state index contributed by atoms with van der Waals surface area (Å²) >= 11 is 0. The molecule has 32 heavy (non-hydrogen) atoms. The van der Waals surface area contributed by atoms with Gasteiger partial charge >= 0.3 is 6.18 Å². The van der Waals surface area contributed by atoms with Crippen LogP contribution >= 0.6 is 0 Å². The fourth-order valence-corrected chi connectivity index (χ4v) is 3.38. The van der Waals surface area contributed by atoms with Crippen molar-refractivity contribution in [3.05, 3.63) is 70.3 Å². The Morgan fingerprint density at radius 1 is 1.12 bits per heavy atom. The van der Waals surface area contributed by atoms with Crippen LogP contribution in [0.3, 0.4) is 0 Å². The predicted molar refractivity (Wildman–Crippen MR) is 108 cm³/mol. The van der Waals surface area contributed by atoms with Crippen molar-refractivity contribution >= 4 is 11.0 Å². The molecule has 0 unspecified atom stereocenters. The number of hydrogen-bond donors (Lipinski definition) is 0. The minimum Gasteiger partial charge on any atom is -0.493 e. The Morgan fingerprint density at radius 2 is 1.88 bits per heavy atom. The van der Waals surface area contributed by atoms with E-state index in [1.807, 2.05) is 6.07 Å². The second kappa shape index (κ2) is 7.77. The van der Waals surface area contributed by atoms with Gasteiger partial charge in [0.05, 0.1) is 42.6 Å². The highest BCUT2D eigenvalue weighted by atomic mass is 19.4. The first-order valence-corrected chi connectivity index (χ1v) is 9.13. The quantitative estimate of drug-likeness (QED) is 0.462. The molecule has 2 heterocycles. The third-order valence-corrected chi connectivity index (χ3v) is 4.80. The normalized spacial score (nSPS) is 11.4. The van der Waals surface area contributed by atoms with E-state index >= 15 is 0 Å². The number of alkyl halides is 3. The van der Waals surface area contributed by atoms with Crippen LogP contribution in [0.1, 0.15) is 11.3 Å². The Labute approximate surface area is 178 Å². The predicted octanol–water partition coefficient (Wildman–Crippen LogP) is 4.55. The lowest BCUT2D eigenvalue weighted by molar-refractivity contribution is -0.152. The number of ether oxygens (including phenoxy) is 2. The Balaban J connectivity index is 2.02. The maximum atomic E-state index is 13.9. The molecule has 0 aliphatic heterocycles. The summed E-state index contributed by atoms with van der Waals surface area (Å²) in [7, 11) is 2.55. The molecule has 0 saturated heterocycles. The first-order chi connectivity index (χ1) is 15.3. The molecule has 0 amide bonds. The molecule has 0 fully saturated rings. The summed E-state index contributed by atoms with van der Waals surface area (Å²) in [5.74, 6) is -1.50. The number of fused-ring (bicyclic) bond motifs is 1. The fraction of sp³-hybridized carbons (Fsp3) is 0.136. The van der Waals surface area contributed by atoms with Crippen molar-refractivity contribution in [3.8, 4) is 34.4 Å². The number of benzene rings is 2. The molecule has 0 aliphatic carbocycles. The van der Waals surface area contributed by atoms with Gasteiger partial charge in [-0.05, 0) is 24.3 Å². The molecule has 0 spiro atoms.